The van der Waals surface area contributed by atoms with Gasteiger partial charge in [-0.05, 0) is 65.5 Å². The van der Waals surface area contributed by atoms with Gasteiger partial charge in [-0.2, -0.15) is 0 Å². The van der Waals surface area contributed by atoms with E-state index in [1.165, 1.54) is 11.1 Å². The maximum Gasteiger partial charge on any atom is 0.236 e. The van der Waals surface area contributed by atoms with Crippen LogP contribution in [0, 0.1) is 0 Å². The van der Waals surface area contributed by atoms with Gasteiger partial charge in [-0.1, -0.05) is 70.2 Å². The van der Waals surface area contributed by atoms with E-state index in [2.05, 4.69) is 82.3 Å². The molecule has 1 aromatic heterocycles. The normalized spacial score (nSPS) is 15.3. The second-order valence-corrected chi connectivity index (χ2v) is 9.91. The van der Waals surface area contributed by atoms with Gasteiger partial charge in [0.1, 0.15) is 0 Å². The van der Waals surface area contributed by atoms with Crippen LogP contribution in [0.3, 0.4) is 0 Å². The summed E-state index contributed by atoms with van der Waals surface area (Å²) in [5.74, 6) is 1.33. The number of fused-ring (bicyclic) bond motifs is 1. The fraction of sp³-hybridized carbons (Fsp3) is 0.400. The van der Waals surface area contributed by atoms with Crippen LogP contribution in [-0.4, -0.2) is 18.0 Å². The smallest absolute Gasteiger partial charge is 0.236 e. The summed E-state index contributed by atoms with van der Waals surface area (Å²) in [5.41, 5.74) is 6.65. The average Bonchev–Trinajstić information content (AvgIpc) is 2.86. The van der Waals surface area contributed by atoms with Crippen LogP contribution in [0.25, 0.3) is 0 Å². The number of nitrogens with zero attached hydrogens (tertiary/aromatic N) is 2. The Labute approximate surface area is 204 Å². The lowest BCUT2D eigenvalue weighted by atomic mass is 9.85. The first-order chi connectivity index (χ1) is 16.4. The predicted octanol–water partition coefficient (Wildman–Crippen LogP) is 6.99. The summed E-state index contributed by atoms with van der Waals surface area (Å²) >= 11 is 0. The van der Waals surface area contributed by atoms with E-state index in [4.69, 9.17) is 9.72 Å². The highest BCUT2D eigenvalue weighted by molar-refractivity contribution is 5.98. The Hall–Kier alpha value is -3.14. The van der Waals surface area contributed by atoms with Crippen molar-refractivity contribution in [3.63, 3.8) is 0 Å². The van der Waals surface area contributed by atoms with Crippen molar-refractivity contribution in [3.8, 4) is 5.88 Å². The molecule has 3 aromatic rings. The van der Waals surface area contributed by atoms with Gasteiger partial charge in [0.05, 0.1) is 25.3 Å². The van der Waals surface area contributed by atoms with Crippen LogP contribution in [0.4, 0.5) is 5.69 Å². The number of ether oxygens (including phenoxy) is 1. The number of hydrogen-bond acceptors (Lipinski definition) is 3. The minimum Gasteiger partial charge on any atom is -0.481 e. The van der Waals surface area contributed by atoms with Crippen molar-refractivity contribution in [2.75, 3.05) is 12.0 Å². The quantitative estimate of drug-likeness (QED) is 0.385. The molecule has 4 heteroatoms. The summed E-state index contributed by atoms with van der Waals surface area (Å²) in [4.78, 5) is 20.8. The van der Waals surface area contributed by atoms with Crippen molar-refractivity contribution < 1.29 is 9.53 Å². The maximum absolute atomic E-state index is 14.1. The highest BCUT2D eigenvalue weighted by Gasteiger charge is 2.32. The molecule has 4 nitrogen and oxygen atoms in total. The number of pyridine rings is 1. The standard InChI is InChI=1S/C30H36N2O2/c1-20(2)23-11-9-22(10-12-23)19-32(26-16-13-24(14-17-26)21(3)4)30(33)27-8-6-7-25-15-18-28(34-5)31-29(25)27/h9-18,20-21,27H,6-8,19H2,1-5H3. The molecule has 4 rings (SSSR count). The Bertz CT molecular complexity index is 1120. The van der Waals surface area contributed by atoms with Crippen molar-refractivity contribution in [2.24, 2.45) is 0 Å². The van der Waals surface area contributed by atoms with E-state index in [-0.39, 0.29) is 11.8 Å². The molecule has 178 valence electrons. The second kappa shape index (κ2) is 10.4. The highest BCUT2D eigenvalue weighted by atomic mass is 16.5. The number of benzene rings is 2. The fourth-order valence-electron chi connectivity index (χ4n) is 4.70. The zero-order chi connectivity index (χ0) is 24.2. The summed E-state index contributed by atoms with van der Waals surface area (Å²) in [6.07, 6.45) is 2.75. The number of amides is 1. The van der Waals surface area contributed by atoms with Crippen molar-refractivity contribution in [1.29, 1.82) is 0 Å². The molecule has 2 aromatic carbocycles. The highest BCUT2D eigenvalue weighted by Crippen LogP contribution is 2.35. The van der Waals surface area contributed by atoms with Gasteiger partial charge in [-0.3, -0.25) is 4.79 Å². The molecule has 1 amide bonds. The largest absolute Gasteiger partial charge is 0.481 e. The van der Waals surface area contributed by atoms with Gasteiger partial charge in [-0.15, -0.1) is 0 Å². The van der Waals surface area contributed by atoms with Crippen molar-refractivity contribution in [3.05, 3.63) is 88.6 Å². The van der Waals surface area contributed by atoms with Crippen LogP contribution in [0.1, 0.15) is 86.2 Å². The lowest BCUT2D eigenvalue weighted by Gasteiger charge is -2.31. The number of aryl methyl sites for hydroxylation is 1. The van der Waals surface area contributed by atoms with Gasteiger partial charge in [0, 0.05) is 11.8 Å². The van der Waals surface area contributed by atoms with Crippen LogP contribution in [0.5, 0.6) is 5.88 Å². The van der Waals surface area contributed by atoms with Crippen molar-refractivity contribution >= 4 is 11.6 Å². The number of anilines is 1. The molecule has 0 fully saturated rings. The van der Waals surface area contributed by atoms with Gasteiger partial charge < -0.3 is 9.64 Å². The van der Waals surface area contributed by atoms with Crippen LogP contribution in [0.15, 0.2) is 60.7 Å². The zero-order valence-corrected chi connectivity index (χ0v) is 21.0. The Kier molecular flexibility index (Phi) is 7.35. The predicted molar refractivity (Wildman–Crippen MR) is 139 cm³/mol. The Morgan fingerprint density at radius 2 is 1.56 bits per heavy atom. The molecule has 1 atom stereocenters. The first kappa shape index (κ1) is 24.0. The van der Waals surface area contributed by atoms with E-state index in [0.717, 1.165) is 41.8 Å². The Balaban J connectivity index is 1.70. The van der Waals surface area contributed by atoms with E-state index in [1.54, 1.807) is 7.11 Å². The molecular weight excluding hydrogens is 420 g/mol. The van der Waals surface area contributed by atoms with Crippen LogP contribution >= 0.6 is 0 Å². The molecular formula is C30H36N2O2. The molecule has 1 heterocycles. The molecule has 0 saturated heterocycles. The summed E-state index contributed by atoms with van der Waals surface area (Å²) < 4.78 is 5.38. The number of rotatable bonds is 7. The zero-order valence-electron chi connectivity index (χ0n) is 21.0. The molecule has 0 radical (unpaired) electrons. The van der Waals surface area contributed by atoms with Gasteiger partial charge in [-0.25, -0.2) is 4.98 Å². The SMILES string of the molecule is COc1ccc2c(n1)C(C(=O)N(Cc1ccc(C(C)C)cc1)c1ccc(C(C)C)cc1)CCC2. The summed E-state index contributed by atoms with van der Waals surface area (Å²) in [6, 6.07) is 21.0. The molecule has 1 unspecified atom stereocenters. The van der Waals surface area contributed by atoms with E-state index >= 15 is 0 Å². The number of carbonyl (C=O) groups excluding carboxylic acids is 1. The van der Waals surface area contributed by atoms with Crippen molar-refractivity contribution in [2.45, 2.75) is 71.3 Å². The van der Waals surface area contributed by atoms with E-state index in [1.807, 2.05) is 11.0 Å². The lowest BCUT2D eigenvalue weighted by molar-refractivity contribution is -0.120. The summed E-state index contributed by atoms with van der Waals surface area (Å²) in [5, 5.41) is 0. The number of carbonyl (C=O) groups is 1. The number of methoxy groups -OCH3 is 1. The van der Waals surface area contributed by atoms with Crippen LogP contribution in [-0.2, 0) is 17.8 Å². The average molecular weight is 457 g/mol. The van der Waals surface area contributed by atoms with Gasteiger partial charge in [0.25, 0.3) is 0 Å². The molecule has 0 N–H and O–H groups in total. The topological polar surface area (TPSA) is 42.4 Å². The van der Waals surface area contributed by atoms with Crippen LogP contribution < -0.4 is 9.64 Å². The van der Waals surface area contributed by atoms with E-state index < -0.39 is 0 Å². The third-order valence-corrected chi connectivity index (χ3v) is 6.89. The van der Waals surface area contributed by atoms with Gasteiger partial charge in [0.2, 0.25) is 11.8 Å². The van der Waals surface area contributed by atoms with Crippen LogP contribution in [0.2, 0.25) is 0 Å². The molecule has 34 heavy (non-hydrogen) atoms. The molecule has 0 spiro atoms. The monoisotopic (exact) mass is 456 g/mol. The minimum atomic E-state index is -0.265. The lowest BCUT2D eigenvalue weighted by Crippen LogP contribution is -2.36. The van der Waals surface area contributed by atoms with Gasteiger partial charge >= 0.3 is 0 Å². The summed E-state index contributed by atoms with van der Waals surface area (Å²) in [6.45, 7) is 9.30. The Morgan fingerprint density at radius 1 is 0.941 bits per heavy atom. The van der Waals surface area contributed by atoms with Gasteiger partial charge in [0.15, 0.2) is 0 Å². The molecule has 0 aliphatic heterocycles. The molecule has 0 saturated carbocycles. The summed E-state index contributed by atoms with van der Waals surface area (Å²) in [7, 11) is 1.62. The second-order valence-electron chi connectivity index (χ2n) is 9.91. The first-order valence-electron chi connectivity index (χ1n) is 12.4. The molecule has 1 aliphatic carbocycles. The third-order valence-electron chi connectivity index (χ3n) is 6.89. The van der Waals surface area contributed by atoms with E-state index in [9.17, 15) is 4.79 Å². The fourth-order valence-corrected chi connectivity index (χ4v) is 4.70. The number of hydrogen-bond donors (Lipinski definition) is 0. The number of aromatic nitrogens is 1. The Morgan fingerprint density at radius 3 is 2.15 bits per heavy atom. The third kappa shape index (κ3) is 5.16. The first-order valence-corrected chi connectivity index (χ1v) is 12.4. The maximum atomic E-state index is 14.1. The van der Waals surface area contributed by atoms with E-state index in [0.29, 0.717) is 24.3 Å². The molecule has 1 aliphatic rings. The molecule has 0 bridgehead atoms. The van der Waals surface area contributed by atoms with Crippen molar-refractivity contribution in [1.82, 2.24) is 4.98 Å². The minimum absolute atomic E-state index is 0.104.